The predicted molar refractivity (Wildman–Crippen MR) is 110 cm³/mol. The number of carbonyl (C=O) groups is 1. The van der Waals surface area contributed by atoms with Crippen molar-refractivity contribution in [3.63, 3.8) is 0 Å². The van der Waals surface area contributed by atoms with Crippen LogP contribution in [0.5, 0.6) is 0 Å². The Balaban J connectivity index is 0.00000210. The third-order valence-electron chi connectivity index (χ3n) is 5.70. The quantitative estimate of drug-likeness (QED) is 0.841. The SMILES string of the molecule is Cl.O=C(CN1CCNCC1)N1CC[C@@H](c2ccc3ccccc3c2)[C@H](O)C1. The number of piperazine rings is 1. The predicted octanol–water partition coefficient (Wildman–Crippen LogP) is 1.84. The van der Waals surface area contributed by atoms with E-state index in [4.69, 9.17) is 0 Å². The van der Waals surface area contributed by atoms with Gasteiger partial charge in [0.15, 0.2) is 0 Å². The first kappa shape index (κ1) is 20.1. The van der Waals surface area contributed by atoms with Gasteiger partial charge in [0.1, 0.15) is 0 Å². The number of nitrogens with zero attached hydrogens (tertiary/aromatic N) is 2. The van der Waals surface area contributed by atoms with Gasteiger partial charge in [0, 0.05) is 45.2 Å². The number of piperidine rings is 1. The number of hydrogen-bond acceptors (Lipinski definition) is 4. The van der Waals surface area contributed by atoms with Gasteiger partial charge >= 0.3 is 0 Å². The molecular formula is C21H28ClN3O2. The molecule has 2 aliphatic rings. The minimum atomic E-state index is -0.503. The molecule has 2 heterocycles. The molecule has 0 unspecified atom stereocenters. The van der Waals surface area contributed by atoms with Crippen molar-refractivity contribution in [1.82, 2.24) is 15.1 Å². The molecule has 0 saturated carbocycles. The topological polar surface area (TPSA) is 55.8 Å². The summed E-state index contributed by atoms with van der Waals surface area (Å²) in [6.07, 6.45) is 0.309. The van der Waals surface area contributed by atoms with Gasteiger partial charge in [-0.1, -0.05) is 42.5 Å². The Morgan fingerprint density at radius 1 is 1.07 bits per heavy atom. The number of halogens is 1. The minimum Gasteiger partial charge on any atom is -0.391 e. The molecule has 5 nitrogen and oxygen atoms in total. The van der Waals surface area contributed by atoms with Gasteiger partial charge < -0.3 is 15.3 Å². The van der Waals surface area contributed by atoms with E-state index in [1.807, 2.05) is 17.0 Å². The Morgan fingerprint density at radius 2 is 1.81 bits per heavy atom. The summed E-state index contributed by atoms with van der Waals surface area (Å²) in [7, 11) is 0. The molecule has 27 heavy (non-hydrogen) atoms. The first-order valence-electron chi connectivity index (χ1n) is 9.58. The van der Waals surface area contributed by atoms with Crippen LogP contribution < -0.4 is 5.32 Å². The third kappa shape index (κ3) is 4.61. The molecule has 2 aromatic carbocycles. The molecule has 2 aliphatic heterocycles. The molecule has 6 heteroatoms. The van der Waals surface area contributed by atoms with Crippen LogP contribution in [0.2, 0.25) is 0 Å². The van der Waals surface area contributed by atoms with Gasteiger partial charge in [-0.25, -0.2) is 0 Å². The molecule has 0 radical (unpaired) electrons. The first-order chi connectivity index (χ1) is 12.7. The van der Waals surface area contributed by atoms with Crippen LogP contribution in [0.25, 0.3) is 10.8 Å². The van der Waals surface area contributed by atoms with Crippen molar-refractivity contribution in [2.24, 2.45) is 0 Å². The maximum absolute atomic E-state index is 12.6. The van der Waals surface area contributed by atoms with Crippen molar-refractivity contribution in [2.45, 2.75) is 18.4 Å². The number of fused-ring (bicyclic) bond motifs is 1. The minimum absolute atomic E-state index is 0. The van der Waals surface area contributed by atoms with Crippen LogP contribution in [-0.4, -0.2) is 72.7 Å². The molecule has 2 atom stereocenters. The Labute approximate surface area is 166 Å². The molecule has 0 spiro atoms. The summed E-state index contributed by atoms with van der Waals surface area (Å²) >= 11 is 0. The Hall–Kier alpha value is -1.66. The van der Waals surface area contributed by atoms with Gasteiger partial charge in [-0.05, 0) is 22.8 Å². The Kier molecular flexibility index (Phi) is 6.71. The summed E-state index contributed by atoms with van der Waals surface area (Å²) in [6, 6.07) is 14.7. The number of aliphatic hydroxyl groups is 1. The molecule has 146 valence electrons. The fourth-order valence-corrected chi connectivity index (χ4v) is 4.15. The second-order valence-electron chi connectivity index (χ2n) is 7.44. The van der Waals surface area contributed by atoms with Gasteiger partial charge in [-0.2, -0.15) is 0 Å². The van der Waals surface area contributed by atoms with Gasteiger partial charge in [-0.3, -0.25) is 9.69 Å². The van der Waals surface area contributed by atoms with Gasteiger partial charge in [0.05, 0.1) is 12.6 Å². The number of amides is 1. The van der Waals surface area contributed by atoms with E-state index >= 15 is 0 Å². The molecule has 2 N–H and O–H groups in total. The summed E-state index contributed by atoms with van der Waals surface area (Å²) in [5, 5.41) is 16.4. The number of hydrogen-bond donors (Lipinski definition) is 2. The van der Waals surface area contributed by atoms with Crippen LogP contribution in [0, 0.1) is 0 Å². The number of carbonyl (C=O) groups excluding carboxylic acids is 1. The van der Waals surface area contributed by atoms with Crippen LogP contribution >= 0.6 is 12.4 Å². The smallest absolute Gasteiger partial charge is 0.236 e. The van der Waals surface area contributed by atoms with E-state index in [0.29, 0.717) is 13.1 Å². The average molecular weight is 390 g/mol. The van der Waals surface area contributed by atoms with Gasteiger partial charge in [0.2, 0.25) is 5.91 Å². The van der Waals surface area contributed by atoms with Gasteiger partial charge in [-0.15, -0.1) is 12.4 Å². The Morgan fingerprint density at radius 3 is 2.56 bits per heavy atom. The second kappa shape index (κ2) is 9.02. The second-order valence-corrected chi connectivity index (χ2v) is 7.44. The molecule has 0 aromatic heterocycles. The number of aliphatic hydroxyl groups excluding tert-OH is 1. The number of β-amino-alcohol motifs (C(OH)–C–C–N with tert-alkyl or cyclic N) is 1. The van der Waals surface area contributed by atoms with E-state index in [1.165, 1.54) is 16.3 Å². The van der Waals surface area contributed by atoms with E-state index < -0.39 is 6.10 Å². The lowest BCUT2D eigenvalue weighted by Crippen LogP contribution is -2.51. The van der Waals surface area contributed by atoms with E-state index in [-0.39, 0.29) is 24.2 Å². The highest BCUT2D eigenvalue weighted by Gasteiger charge is 2.31. The molecule has 2 aromatic rings. The molecule has 4 rings (SSSR count). The third-order valence-corrected chi connectivity index (χ3v) is 5.70. The van der Waals surface area contributed by atoms with E-state index in [0.717, 1.165) is 39.1 Å². The normalized spacial score (nSPS) is 23.8. The zero-order chi connectivity index (χ0) is 17.9. The summed E-state index contributed by atoms with van der Waals surface area (Å²) in [5.74, 6) is 0.241. The largest absolute Gasteiger partial charge is 0.391 e. The van der Waals surface area contributed by atoms with Crippen molar-refractivity contribution < 1.29 is 9.90 Å². The van der Waals surface area contributed by atoms with Crippen LogP contribution in [0.15, 0.2) is 42.5 Å². The monoisotopic (exact) mass is 389 g/mol. The number of benzene rings is 2. The van der Waals surface area contributed by atoms with Crippen LogP contribution in [0.1, 0.15) is 17.9 Å². The summed E-state index contributed by atoms with van der Waals surface area (Å²) in [5.41, 5.74) is 1.17. The standard InChI is InChI=1S/C21H27N3O2.ClH/c25-20-14-24(21(26)15-23-11-8-22-9-12-23)10-7-19(20)18-6-5-16-3-1-2-4-17(16)13-18;/h1-6,13,19-20,22,25H,7-12,14-15H2;1H/t19-,20+;/m0./s1. The molecule has 2 fully saturated rings. The van der Waals surface area contributed by atoms with Gasteiger partial charge in [0.25, 0.3) is 0 Å². The van der Waals surface area contributed by atoms with Crippen molar-refractivity contribution >= 4 is 29.1 Å². The fourth-order valence-electron chi connectivity index (χ4n) is 4.15. The van der Waals surface area contributed by atoms with Crippen LogP contribution in [0.4, 0.5) is 0 Å². The molecule has 1 amide bonds. The molecule has 2 saturated heterocycles. The lowest BCUT2D eigenvalue weighted by atomic mass is 9.86. The lowest BCUT2D eigenvalue weighted by Gasteiger charge is -2.37. The van der Waals surface area contributed by atoms with E-state index in [1.54, 1.807) is 0 Å². The number of likely N-dealkylation sites (tertiary alicyclic amines) is 1. The molecular weight excluding hydrogens is 362 g/mol. The first-order valence-corrected chi connectivity index (χ1v) is 9.58. The zero-order valence-electron chi connectivity index (χ0n) is 15.5. The molecule has 0 aliphatic carbocycles. The highest BCUT2D eigenvalue weighted by atomic mass is 35.5. The number of rotatable bonds is 3. The van der Waals surface area contributed by atoms with Crippen LogP contribution in [0.3, 0.4) is 0 Å². The highest BCUT2D eigenvalue weighted by molar-refractivity contribution is 5.85. The summed E-state index contributed by atoms with van der Waals surface area (Å²) < 4.78 is 0. The van der Waals surface area contributed by atoms with E-state index in [2.05, 4.69) is 40.5 Å². The molecule has 0 bridgehead atoms. The zero-order valence-corrected chi connectivity index (χ0v) is 16.3. The summed E-state index contributed by atoms with van der Waals surface area (Å²) in [4.78, 5) is 16.6. The maximum atomic E-state index is 12.6. The Bertz CT molecular complexity index is 779. The van der Waals surface area contributed by atoms with Crippen molar-refractivity contribution in [3.8, 4) is 0 Å². The maximum Gasteiger partial charge on any atom is 0.236 e. The summed E-state index contributed by atoms with van der Waals surface area (Å²) in [6.45, 7) is 5.35. The van der Waals surface area contributed by atoms with Crippen molar-refractivity contribution in [3.05, 3.63) is 48.0 Å². The van der Waals surface area contributed by atoms with Crippen molar-refractivity contribution in [1.29, 1.82) is 0 Å². The van der Waals surface area contributed by atoms with Crippen LogP contribution in [-0.2, 0) is 4.79 Å². The highest BCUT2D eigenvalue weighted by Crippen LogP contribution is 2.30. The lowest BCUT2D eigenvalue weighted by molar-refractivity contribution is -0.136. The fraction of sp³-hybridized carbons (Fsp3) is 0.476. The van der Waals surface area contributed by atoms with E-state index in [9.17, 15) is 9.90 Å². The van der Waals surface area contributed by atoms with Crippen molar-refractivity contribution in [2.75, 3.05) is 45.8 Å². The number of nitrogens with one attached hydrogen (secondary N) is 1. The average Bonchev–Trinajstić information content (AvgIpc) is 2.68.